The third-order valence-electron chi connectivity index (χ3n) is 1.76. The Morgan fingerprint density at radius 2 is 2.06 bits per heavy atom. The van der Waals surface area contributed by atoms with Gasteiger partial charge in [-0.1, -0.05) is 6.92 Å². The van der Waals surface area contributed by atoms with Crippen LogP contribution in [0.4, 0.5) is 11.4 Å². The van der Waals surface area contributed by atoms with E-state index in [4.69, 9.17) is 12.2 Å². The molecule has 0 spiro atoms. The summed E-state index contributed by atoms with van der Waals surface area (Å²) in [5.41, 5.74) is 1.68. The van der Waals surface area contributed by atoms with Gasteiger partial charge in [0.15, 0.2) is 5.11 Å². The maximum absolute atomic E-state index is 5.08. The molecule has 0 fully saturated rings. The highest BCUT2D eigenvalue weighted by Crippen LogP contribution is 2.15. The van der Waals surface area contributed by atoms with Crippen molar-refractivity contribution < 1.29 is 0 Å². The van der Waals surface area contributed by atoms with Crippen LogP contribution in [0.3, 0.4) is 0 Å². The molecule has 1 radical (unpaired) electrons. The van der Waals surface area contributed by atoms with Gasteiger partial charge in [0.05, 0.1) is 10.8 Å². The molecular weight excluding hydrogens is 238 g/mol. The lowest BCUT2D eigenvalue weighted by atomic mass is 10.3. The Morgan fingerprint density at radius 3 is 2.62 bits per heavy atom. The fraction of sp³-hybridized carbons (Fsp3) is 0.182. The van der Waals surface area contributed by atoms with Crippen molar-refractivity contribution in [3.63, 3.8) is 0 Å². The lowest BCUT2D eigenvalue weighted by Crippen LogP contribution is -2.28. The molecule has 1 aromatic rings. The first-order valence-electron chi connectivity index (χ1n) is 4.78. The van der Waals surface area contributed by atoms with E-state index in [1.807, 2.05) is 24.3 Å². The van der Waals surface area contributed by atoms with Crippen molar-refractivity contribution in [1.82, 2.24) is 5.32 Å². The summed E-state index contributed by atoms with van der Waals surface area (Å²) in [6.45, 7) is 4.48. The number of rotatable bonds is 4. The van der Waals surface area contributed by atoms with Gasteiger partial charge < -0.3 is 10.6 Å². The van der Waals surface area contributed by atoms with Crippen LogP contribution in [0.25, 0.3) is 0 Å². The normalized spacial score (nSPS) is 9.06. The zero-order chi connectivity index (χ0) is 11.8. The Hall–Kier alpha value is -1.29. The molecule has 0 atom stereocenters. The molecule has 0 saturated carbocycles. The van der Waals surface area contributed by atoms with Crippen LogP contribution in [0.1, 0.15) is 6.42 Å². The van der Waals surface area contributed by atoms with Crippen LogP contribution in [0, 0.1) is 6.92 Å². The SMILES string of the molecule is [CH2]CCNC(=S)Nc1ccc(N=C=S)cc1. The van der Waals surface area contributed by atoms with Crippen molar-refractivity contribution in [2.75, 3.05) is 11.9 Å². The number of hydrogen-bond donors (Lipinski definition) is 2. The van der Waals surface area contributed by atoms with E-state index in [2.05, 4.69) is 39.9 Å². The Labute approximate surface area is 106 Å². The van der Waals surface area contributed by atoms with E-state index < -0.39 is 0 Å². The van der Waals surface area contributed by atoms with E-state index in [-0.39, 0.29) is 0 Å². The quantitative estimate of drug-likeness (QED) is 0.636. The van der Waals surface area contributed by atoms with Gasteiger partial charge in [-0.15, -0.1) is 0 Å². The van der Waals surface area contributed by atoms with E-state index in [0.29, 0.717) is 5.11 Å². The number of nitrogens with zero attached hydrogens (tertiary/aromatic N) is 1. The largest absolute Gasteiger partial charge is 0.362 e. The first kappa shape index (κ1) is 12.8. The predicted octanol–water partition coefficient (Wildman–Crippen LogP) is 2.93. The standard InChI is InChI=1S/C11H12N3S2/c1-2-7-12-11(16)14-10-5-3-9(4-6-10)13-8-15/h3-6H,1-2,7H2,(H2,12,14,16). The molecule has 0 aromatic heterocycles. The summed E-state index contributed by atoms with van der Waals surface area (Å²) in [6, 6.07) is 7.44. The number of thiocarbonyl (C=S) groups is 2. The van der Waals surface area contributed by atoms with Crippen molar-refractivity contribution in [1.29, 1.82) is 0 Å². The monoisotopic (exact) mass is 250 g/mol. The first-order valence-corrected chi connectivity index (χ1v) is 5.60. The van der Waals surface area contributed by atoms with Gasteiger partial charge in [-0.05, 0) is 55.1 Å². The van der Waals surface area contributed by atoms with E-state index in [1.54, 1.807) is 0 Å². The van der Waals surface area contributed by atoms with Gasteiger partial charge in [0.1, 0.15) is 0 Å². The summed E-state index contributed by atoms with van der Waals surface area (Å²) < 4.78 is 0. The smallest absolute Gasteiger partial charge is 0.170 e. The average Bonchev–Trinajstić information content (AvgIpc) is 2.29. The molecule has 0 amide bonds. The first-order chi connectivity index (χ1) is 7.76. The minimum absolute atomic E-state index is 0.592. The van der Waals surface area contributed by atoms with E-state index >= 15 is 0 Å². The molecule has 0 aliphatic rings. The molecule has 83 valence electrons. The highest BCUT2D eigenvalue weighted by molar-refractivity contribution is 7.80. The fourth-order valence-corrected chi connectivity index (χ4v) is 1.37. The molecule has 0 aliphatic heterocycles. The molecule has 1 aromatic carbocycles. The van der Waals surface area contributed by atoms with Crippen molar-refractivity contribution in [2.45, 2.75) is 6.42 Å². The van der Waals surface area contributed by atoms with Crippen LogP contribution >= 0.6 is 24.4 Å². The topological polar surface area (TPSA) is 36.4 Å². The van der Waals surface area contributed by atoms with Gasteiger partial charge in [0.2, 0.25) is 0 Å². The number of isothiocyanates is 1. The van der Waals surface area contributed by atoms with Crippen LogP contribution in [-0.2, 0) is 0 Å². The summed E-state index contributed by atoms with van der Waals surface area (Å²) in [5, 5.41) is 8.98. The molecule has 0 bridgehead atoms. The summed E-state index contributed by atoms with van der Waals surface area (Å²) >= 11 is 9.60. The molecule has 0 saturated heterocycles. The van der Waals surface area contributed by atoms with Gasteiger partial charge in [-0.3, -0.25) is 0 Å². The second kappa shape index (κ2) is 7.06. The molecule has 0 heterocycles. The Bertz CT molecular complexity index is 394. The number of aliphatic imine (C=N–C) groups is 1. The highest BCUT2D eigenvalue weighted by Gasteiger charge is 1.96. The lowest BCUT2D eigenvalue weighted by molar-refractivity contribution is 0.896. The van der Waals surface area contributed by atoms with Crippen LogP contribution in [0.15, 0.2) is 29.3 Å². The molecule has 1 rings (SSSR count). The highest BCUT2D eigenvalue weighted by atomic mass is 32.1. The summed E-state index contributed by atoms with van der Waals surface area (Å²) in [6.07, 6.45) is 0.796. The number of nitrogens with one attached hydrogen (secondary N) is 2. The Balaban J connectivity index is 2.54. The zero-order valence-electron chi connectivity index (χ0n) is 8.69. The van der Waals surface area contributed by atoms with Gasteiger partial charge in [-0.25, -0.2) is 0 Å². The molecular formula is C11H12N3S2. The molecule has 0 aliphatic carbocycles. The minimum Gasteiger partial charge on any atom is -0.362 e. The minimum atomic E-state index is 0.592. The van der Waals surface area contributed by atoms with Gasteiger partial charge in [-0.2, -0.15) is 4.99 Å². The summed E-state index contributed by atoms with van der Waals surface area (Å²) in [4.78, 5) is 3.86. The van der Waals surface area contributed by atoms with Crippen LogP contribution in [-0.4, -0.2) is 16.8 Å². The molecule has 5 heteroatoms. The fourth-order valence-electron chi connectivity index (χ4n) is 1.05. The second-order valence-corrected chi connectivity index (χ2v) is 3.58. The zero-order valence-corrected chi connectivity index (χ0v) is 10.3. The number of hydrogen-bond acceptors (Lipinski definition) is 3. The van der Waals surface area contributed by atoms with Gasteiger partial charge in [0, 0.05) is 12.2 Å². The van der Waals surface area contributed by atoms with Crippen LogP contribution < -0.4 is 10.6 Å². The van der Waals surface area contributed by atoms with Crippen molar-refractivity contribution in [3.05, 3.63) is 31.2 Å². The number of benzene rings is 1. The molecule has 0 unspecified atom stereocenters. The summed E-state index contributed by atoms with van der Waals surface area (Å²) in [5.74, 6) is 0. The molecule has 3 nitrogen and oxygen atoms in total. The van der Waals surface area contributed by atoms with Crippen LogP contribution in [0.2, 0.25) is 0 Å². The van der Waals surface area contributed by atoms with Crippen molar-refractivity contribution in [2.24, 2.45) is 4.99 Å². The average molecular weight is 250 g/mol. The van der Waals surface area contributed by atoms with Crippen LogP contribution in [0.5, 0.6) is 0 Å². The maximum Gasteiger partial charge on any atom is 0.170 e. The third kappa shape index (κ3) is 4.49. The molecule has 2 N–H and O–H groups in total. The van der Waals surface area contributed by atoms with E-state index in [9.17, 15) is 0 Å². The van der Waals surface area contributed by atoms with E-state index in [0.717, 1.165) is 24.3 Å². The van der Waals surface area contributed by atoms with Gasteiger partial charge in [0.25, 0.3) is 0 Å². The van der Waals surface area contributed by atoms with Gasteiger partial charge >= 0.3 is 0 Å². The number of anilines is 1. The van der Waals surface area contributed by atoms with Crippen molar-refractivity contribution in [3.8, 4) is 0 Å². The Kier molecular flexibility index (Phi) is 5.64. The lowest BCUT2D eigenvalue weighted by Gasteiger charge is -2.09. The predicted molar refractivity (Wildman–Crippen MR) is 75.3 cm³/mol. The van der Waals surface area contributed by atoms with Crippen molar-refractivity contribution >= 4 is 46.1 Å². The van der Waals surface area contributed by atoms with E-state index in [1.165, 1.54) is 0 Å². The second-order valence-electron chi connectivity index (χ2n) is 2.98. The maximum atomic E-state index is 5.08. The Morgan fingerprint density at radius 1 is 1.38 bits per heavy atom. The molecule has 16 heavy (non-hydrogen) atoms. The third-order valence-corrected chi connectivity index (χ3v) is 2.10. The summed E-state index contributed by atoms with van der Waals surface area (Å²) in [7, 11) is 0.